The predicted molar refractivity (Wildman–Crippen MR) is 82.0 cm³/mol. The molecule has 1 aliphatic heterocycles. The minimum atomic E-state index is -0.795. The minimum Gasteiger partial charge on any atom is -0.382 e. The molecule has 1 saturated heterocycles. The molecule has 1 fully saturated rings. The van der Waals surface area contributed by atoms with Crippen molar-refractivity contribution in [1.82, 2.24) is 10.2 Å². The number of carbonyl (C=O) groups is 2. The molecule has 0 saturated carbocycles. The third kappa shape index (κ3) is 5.07. The number of hydrogen-bond acceptors (Lipinski definition) is 4. The highest BCUT2D eigenvalue weighted by molar-refractivity contribution is 5.94. The second kappa shape index (κ2) is 7.08. The zero-order chi connectivity index (χ0) is 15.2. The number of amides is 3. The van der Waals surface area contributed by atoms with Crippen molar-refractivity contribution < 1.29 is 9.59 Å². The number of urea groups is 1. The van der Waals surface area contributed by atoms with Crippen LogP contribution in [0.1, 0.15) is 18.4 Å². The van der Waals surface area contributed by atoms with Gasteiger partial charge >= 0.3 is 6.03 Å². The Morgan fingerprint density at radius 3 is 2.43 bits per heavy atom. The van der Waals surface area contributed by atoms with Gasteiger partial charge in [-0.25, -0.2) is 4.79 Å². The number of rotatable bonds is 4. The van der Waals surface area contributed by atoms with Crippen molar-refractivity contribution in [2.75, 3.05) is 25.0 Å². The zero-order valence-corrected chi connectivity index (χ0v) is 12.3. The highest BCUT2D eigenvalue weighted by atomic mass is 16.2. The van der Waals surface area contributed by atoms with Gasteiger partial charge in [0, 0.05) is 24.8 Å². The SMILES string of the molecule is Cc1ccc(NC2CCN(CC(=O)NC(N)=O)CC2)cc1. The van der Waals surface area contributed by atoms with Crippen molar-refractivity contribution in [2.24, 2.45) is 5.73 Å². The number of likely N-dealkylation sites (tertiary alicyclic amines) is 1. The molecule has 21 heavy (non-hydrogen) atoms. The smallest absolute Gasteiger partial charge is 0.318 e. The molecule has 114 valence electrons. The number of piperidine rings is 1. The Bertz CT molecular complexity index is 493. The first-order valence-electron chi connectivity index (χ1n) is 7.18. The Hall–Kier alpha value is -2.08. The molecule has 1 aliphatic rings. The predicted octanol–water partition coefficient (Wildman–Crippen LogP) is 1.07. The second-order valence-corrected chi connectivity index (χ2v) is 5.47. The maximum atomic E-state index is 11.5. The van der Waals surface area contributed by atoms with E-state index in [0.29, 0.717) is 6.04 Å². The van der Waals surface area contributed by atoms with Crippen molar-refractivity contribution >= 4 is 17.6 Å². The Kier molecular flexibility index (Phi) is 5.16. The lowest BCUT2D eigenvalue weighted by Crippen LogP contribution is -2.46. The summed E-state index contributed by atoms with van der Waals surface area (Å²) >= 11 is 0. The summed E-state index contributed by atoms with van der Waals surface area (Å²) in [6, 6.07) is 7.97. The van der Waals surface area contributed by atoms with E-state index >= 15 is 0 Å². The van der Waals surface area contributed by atoms with Crippen LogP contribution >= 0.6 is 0 Å². The van der Waals surface area contributed by atoms with Gasteiger partial charge in [-0.05, 0) is 31.9 Å². The van der Waals surface area contributed by atoms with E-state index in [1.807, 2.05) is 4.90 Å². The Morgan fingerprint density at radius 1 is 1.24 bits per heavy atom. The molecule has 6 heteroatoms. The lowest BCUT2D eigenvalue weighted by molar-refractivity contribution is -0.121. The zero-order valence-electron chi connectivity index (χ0n) is 12.3. The van der Waals surface area contributed by atoms with Gasteiger partial charge < -0.3 is 11.1 Å². The van der Waals surface area contributed by atoms with Gasteiger partial charge in [-0.15, -0.1) is 0 Å². The van der Waals surface area contributed by atoms with Crippen LogP contribution < -0.4 is 16.4 Å². The molecule has 0 bridgehead atoms. The van der Waals surface area contributed by atoms with E-state index in [1.165, 1.54) is 5.56 Å². The summed E-state index contributed by atoms with van der Waals surface area (Å²) in [4.78, 5) is 24.1. The van der Waals surface area contributed by atoms with Crippen LogP contribution in [0.15, 0.2) is 24.3 Å². The largest absolute Gasteiger partial charge is 0.382 e. The molecule has 1 aromatic rings. The fraction of sp³-hybridized carbons (Fsp3) is 0.467. The number of carbonyl (C=O) groups excluding carboxylic acids is 2. The van der Waals surface area contributed by atoms with Crippen LogP contribution in [-0.4, -0.2) is 42.5 Å². The molecule has 2 rings (SSSR count). The standard InChI is InChI=1S/C15H22N4O2/c1-11-2-4-12(5-3-11)17-13-6-8-19(9-7-13)10-14(20)18-15(16)21/h2-5,13,17H,6-10H2,1H3,(H3,16,18,20,21). The van der Waals surface area contributed by atoms with Gasteiger partial charge in [0.25, 0.3) is 0 Å². The monoisotopic (exact) mass is 290 g/mol. The van der Waals surface area contributed by atoms with Gasteiger partial charge in [0.1, 0.15) is 0 Å². The van der Waals surface area contributed by atoms with E-state index in [4.69, 9.17) is 5.73 Å². The van der Waals surface area contributed by atoms with E-state index in [9.17, 15) is 9.59 Å². The Balaban J connectivity index is 1.74. The van der Waals surface area contributed by atoms with Crippen molar-refractivity contribution in [3.8, 4) is 0 Å². The van der Waals surface area contributed by atoms with Crippen molar-refractivity contribution in [3.63, 3.8) is 0 Å². The van der Waals surface area contributed by atoms with E-state index < -0.39 is 6.03 Å². The highest BCUT2D eigenvalue weighted by Gasteiger charge is 2.21. The summed E-state index contributed by atoms with van der Waals surface area (Å²) in [6.07, 6.45) is 1.94. The molecule has 0 radical (unpaired) electrons. The van der Waals surface area contributed by atoms with Crippen molar-refractivity contribution in [3.05, 3.63) is 29.8 Å². The van der Waals surface area contributed by atoms with E-state index in [-0.39, 0.29) is 12.5 Å². The van der Waals surface area contributed by atoms with E-state index in [2.05, 4.69) is 41.8 Å². The summed E-state index contributed by atoms with van der Waals surface area (Å²) in [5, 5.41) is 5.60. The fourth-order valence-electron chi connectivity index (χ4n) is 2.50. The van der Waals surface area contributed by atoms with Crippen LogP contribution in [0.5, 0.6) is 0 Å². The Labute approximate surface area is 124 Å². The molecule has 3 amide bonds. The number of anilines is 1. The number of aryl methyl sites for hydroxylation is 1. The number of hydrogen-bond donors (Lipinski definition) is 3. The summed E-state index contributed by atoms with van der Waals surface area (Å²) in [7, 11) is 0. The molecule has 0 aromatic heterocycles. The molecule has 0 aliphatic carbocycles. The summed E-state index contributed by atoms with van der Waals surface area (Å²) < 4.78 is 0. The first kappa shape index (κ1) is 15.3. The average molecular weight is 290 g/mol. The quantitative estimate of drug-likeness (QED) is 0.774. The lowest BCUT2D eigenvalue weighted by atomic mass is 10.0. The molecule has 4 N–H and O–H groups in total. The summed E-state index contributed by atoms with van der Waals surface area (Å²) in [5.74, 6) is -0.340. The molecule has 1 heterocycles. The third-order valence-electron chi connectivity index (χ3n) is 3.64. The van der Waals surface area contributed by atoms with Gasteiger partial charge in [-0.2, -0.15) is 0 Å². The Morgan fingerprint density at radius 2 is 1.86 bits per heavy atom. The van der Waals surface area contributed by atoms with E-state index in [1.54, 1.807) is 0 Å². The van der Waals surface area contributed by atoms with Crippen LogP contribution in [-0.2, 0) is 4.79 Å². The van der Waals surface area contributed by atoms with E-state index in [0.717, 1.165) is 31.6 Å². The first-order valence-corrected chi connectivity index (χ1v) is 7.18. The molecule has 0 unspecified atom stereocenters. The number of benzene rings is 1. The van der Waals surface area contributed by atoms with Gasteiger partial charge in [-0.3, -0.25) is 15.0 Å². The maximum absolute atomic E-state index is 11.5. The van der Waals surface area contributed by atoms with Gasteiger partial charge in [0.15, 0.2) is 0 Å². The number of primary amides is 1. The van der Waals surface area contributed by atoms with Gasteiger partial charge in [-0.1, -0.05) is 17.7 Å². The van der Waals surface area contributed by atoms with Crippen LogP contribution in [0.4, 0.5) is 10.5 Å². The second-order valence-electron chi connectivity index (χ2n) is 5.47. The highest BCUT2D eigenvalue weighted by Crippen LogP contribution is 2.16. The first-order chi connectivity index (χ1) is 10.0. The van der Waals surface area contributed by atoms with Crippen LogP contribution in [0.3, 0.4) is 0 Å². The van der Waals surface area contributed by atoms with Gasteiger partial charge in [0.2, 0.25) is 5.91 Å². The van der Waals surface area contributed by atoms with Crippen LogP contribution in [0.2, 0.25) is 0 Å². The third-order valence-corrected chi connectivity index (χ3v) is 3.64. The summed E-state index contributed by atoms with van der Waals surface area (Å²) in [6.45, 7) is 3.95. The number of nitrogens with one attached hydrogen (secondary N) is 2. The van der Waals surface area contributed by atoms with Crippen molar-refractivity contribution in [1.29, 1.82) is 0 Å². The summed E-state index contributed by atoms with van der Waals surface area (Å²) in [5.41, 5.74) is 7.29. The number of imide groups is 1. The maximum Gasteiger partial charge on any atom is 0.318 e. The van der Waals surface area contributed by atoms with Crippen molar-refractivity contribution in [2.45, 2.75) is 25.8 Å². The average Bonchev–Trinajstić information content (AvgIpc) is 2.42. The van der Waals surface area contributed by atoms with Crippen LogP contribution in [0.25, 0.3) is 0 Å². The molecular weight excluding hydrogens is 268 g/mol. The molecule has 0 spiro atoms. The van der Waals surface area contributed by atoms with Crippen LogP contribution in [0, 0.1) is 6.92 Å². The van der Waals surface area contributed by atoms with Gasteiger partial charge in [0.05, 0.1) is 6.54 Å². The molecule has 1 aromatic carbocycles. The normalized spacial score (nSPS) is 16.4. The fourth-order valence-corrected chi connectivity index (χ4v) is 2.50. The topological polar surface area (TPSA) is 87.5 Å². The molecular formula is C15H22N4O2. The number of nitrogens with zero attached hydrogens (tertiary/aromatic N) is 1. The molecule has 6 nitrogen and oxygen atoms in total. The number of nitrogens with two attached hydrogens (primary N) is 1. The molecule has 0 atom stereocenters. The lowest BCUT2D eigenvalue weighted by Gasteiger charge is -2.32. The minimum absolute atomic E-state index is 0.222.